The molecule has 0 aliphatic rings. The van der Waals surface area contributed by atoms with Crippen LogP contribution in [0.3, 0.4) is 0 Å². The van der Waals surface area contributed by atoms with Crippen LogP contribution in [0, 0.1) is 12.7 Å². The summed E-state index contributed by atoms with van der Waals surface area (Å²) in [6.07, 6.45) is 0.639. The molecule has 1 aromatic carbocycles. The maximum atomic E-state index is 13.4. The third-order valence-corrected chi connectivity index (χ3v) is 4.05. The zero-order valence-corrected chi connectivity index (χ0v) is 14.8. The highest BCUT2D eigenvalue weighted by atomic mass is 19.1. The fourth-order valence-electron chi connectivity index (χ4n) is 2.82. The van der Waals surface area contributed by atoms with Crippen LogP contribution in [-0.4, -0.2) is 36.0 Å². The van der Waals surface area contributed by atoms with Gasteiger partial charge >= 0.3 is 0 Å². The van der Waals surface area contributed by atoms with E-state index >= 15 is 0 Å². The summed E-state index contributed by atoms with van der Waals surface area (Å²) in [5.41, 5.74) is 1.46. The molecule has 134 valence electrons. The van der Waals surface area contributed by atoms with Gasteiger partial charge in [-0.15, -0.1) is 0 Å². The molecule has 1 aromatic heterocycles. The summed E-state index contributed by atoms with van der Waals surface area (Å²) in [6, 6.07) is 10.6. The molecule has 1 N–H and O–H groups in total. The fraction of sp³-hybridized carbons (Fsp3) is 0.368. The van der Waals surface area contributed by atoms with Crippen LogP contribution in [0.25, 0.3) is 0 Å². The molecule has 0 bridgehead atoms. The molecule has 2 aromatic rings. The zero-order valence-electron chi connectivity index (χ0n) is 14.8. The van der Waals surface area contributed by atoms with Crippen LogP contribution in [0.5, 0.6) is 0 Å². The minimum Gasteiger partial charge on any atom is -0.354 e. The van der Waals surface area contributed by atoms with Crippen molar-refractivity contribution < 1.29 is 9.18 Å². The minimum absolute atomic E-state index is 0.0442. The molecule has 0 fully saturated rings. The zero-order chi connectivity index (χ0) is 18.4. The Labute approximate surface area is 147 Å². The van der Waals surface area contributed by atoms with Gasteiger partial charge < -0.3 is 9.88 Å². The predicted molar refractivity (Wildman–Crippen MR) is 95.9 cm³/mol. The minimum atomic E-state index is -0.558. The van der Waals surface area contributed by atoms with Crippen molar-refractivity contribution in [2.24, 2.45) is 0 Å². The third kappa shape index (κ3) is 5.00. The topological polar surface area (TPSA) is 54.3 Å². The molecule has 0 saturated heterocycles. The molecule has 5 nitrogen and oxygen atoms in total. The highest BCUT2D eigenvalue weighted by Gasteiger charge is 2.22. The van der Waals surface area contributed by atoms with Crippen molar-refractivity contribution in [1.29, 1.82) is 0 Å². The van der Waals surface area contributed by atoms with Crippen LogP contribution in [0.4, 0.5) is 4.39 Å². The smallest absolute Gasteiger partial charge is 0.250 e. The SMILES string of the molecule is Cc1cccc(=O)n1CCCNC(=O)[C@H](c1cccc(F)c1)N(C)C. The molecular formula is C19H24FN3O2. The Hall–Kier alpha value is -2.47. The normalized spacial score (nSPS) is 12.2. The van der Waals surface area contributed by atoms with Crippen LogP contribution in [0.15, 0.2) is 47.3 Å². The molecular weight excluding hydrogens is 321 g/mol. The molecule has 25 heavy (non-hydrogen) atoms. The maximum Gasteiger partial charge on any atom is 0.250 e. The lowest BCUT2D eigenvalue weighted by Crippen LogP contribution is -2.38. The van der Waals surface area contributed by atoms with Crippen molar-refractivity contribution in [3.05, 3.63) is 69.9 Å². The van der Waals surface area contributed by atoms with Gasteiger partial charge in [0.15, 0.2) is 0 Å². The van der Waals surface area contributed by atoms with Crippen molar-refractivity contribution in [2.75, 3.05) is 20.6 Å². The first kappa shape index (κ1) is 18.9. The first-order chi connectivity index (χ1) is 11.9. The van der Waals surface area contributed by atoms with Gasteiger partial charge in [0.05, 0.1) is 0 Å². The largest absolute Gasteiger partial charge is 0.354 e. The van der Waals surface area contributed by atoms with E-state index in [1.54, 1.807) is 41.8 Å². The highest BCUT2D eigenvalue weighted by molar-refractivity contribution is 5.83. The highest BCUT2D eigenvalue weighted by Crippen LogP contribution is 2.19. The molecule has 0 aliphatic carbocycles. The van der Waals surface area contributed by atoms with Gasteiger partial charge in [0.1, 0.15) is 11.9 Å². The molecule has 0 aliphatic heterocycles. The lowest BCUT2D eigenvalue weighted by Gasteiger charge is -2.24. The standard InChI is InChI=1S/C19H24FN3O2/c1-14-7-4-10-17(24)23(14)12-6-11-21-19(25)18(22(2)3)15-8-5-9-16(20)13-15/h4-5,7-10,13,18H,6,11-12H2,1-3H3,(H,21,25)/t18-/m0/s1. The summed E-state index contributed by atoms with van der Waals surface area (Å²) in [7, 11) is 3.56. The van der Waals surface area contributed by atoms with E-state index in [1.807, 2.05) is 13.0 Å². The predicted octanol–water partition coefficient (Wildman–Crippen LogP) is 2.11. The van der Waals surface area contributed by atoms with Crippen LogP contribution in [0.2, 0.25) is 0 Å². The number of carbonyl (C=O) groups is 1. The molecule has 1 heterocycles. The van der Waals surface area contributed by atoms with Crippen molar-refractivity contribution >= 4 is 5.91 Å². The third-order valence-electron chi connectivity index (χ3n) is 4.05. The number of hydrogen-bond acceptors (Lipinski definition) is 3. The van der Waals surface area contributed by atoms with Gasteiger partial charge in [-0.3, -0.25) is 14.5 Å². The van der Waals surface area contributed by atoms with Crippen molar-refractivity contribution in [2.45, 2.75) is 25.9 Å². The molecule has 0 radical (unpaired) electrons. The van der Waals surface area contributed by atoms with Crippen LogP contribution in [-0.2, 0) is 11.3 Å². The Bertz CT molecular complexity index is 786. The van der Waals surface area contributed by atoms with E-state index < -0.39 is 6.04 Å². The quantitative estimate of drug-likeness (QED) is 0.782. The van der Waals surface area contributed by atoms with Gasteiger partial charge in [-0.25, -0.2) is 4.39 Å². The van der Waals surface area contributed by atoms with Crippen molar-refractivity contribution in [1.82, 2.24) is 14.8 Å². The number of aromatic nitrogens is 1. The number of nitrogens with zero attached hydrogens (tertiary/aromatic N) is 2. The Morgan fingerprint density at radius 1 is 1.24 bits per heavy atom. The Morgan fingerprint density at radius 3 is 2.60 bits per heavy atom. The summed E-state index contributed by atoms with van der Waals surface area (Å²) >= 11 is 0. The van der Waals surface area contributed by atoms with Gasteiger partial charge in [-0.2, -0.15) is 0 Å². The molecule has 0 saturated carbocycles. The number of hydrogen-bond donors (Lipinski definition) is 1. The molecule has 1 amide bonds. The average molecular weight is 345 g/mol. The van der Waals surface area contributed by atoms with Crippen molar-refractivity contribution in [3.63, 3.8) is 0 Å². The average Bonchev–Trinajstić information content (AvgIpc) is 2.53. The number of nitrogens with one attached hydrogen (secondary N) is 1. The number of benzene rings is 1. The van der Waals surface area contributed by atoms with Crippen LogP contribution in [0.1, 0.15) is 23.7 Å². The van der Waals surface area contributed by atoms with E-state index in [0.29, 0.717) is 25.1 Å². The van der Waals surface area contributed by atoms with E-state index in [0.717, 1.165) is 5.69 Å². The summed E-state index contributed by atoms with van der Waals surface area (Å²) in [5.74, 6) is -0.552. The van der Waals surface area contributed by atoms with E-state index in [4.69, 9.17) is 0 Å². The monoisotopic (exact) mass is 345 g/mol. The first-order valence-electron chi connectivity index (χ1n) is 8.26. The maximum absolute atomic E-state index is 13.4. The second-order valence-electron chi connectivity index (χ2n) is 6.22. The number of amides is 1. The lowest BCUT2D eigenvalue weighted by molar-refractivity contribution is -0.125. The summed E-state index contributed by atoms with van der Waals surface area (Å²) in [5, 5.41) is 2.87. The fourth-order valence-corrected chi connectivity index (χ4v) is 2.82. The number of aryl methyl sites for hydroxylation is 1. The van der Waals surface area contributed by atoms with Gasteiger partial charge in [-0.1, -0.05) is 18.2 Å². The molecule has 0 unspecified atom stereocenters. The lowest BCUT2D eigenvalue weighted by atomic mass is 10.1. The van der Waals surface area contributed by atoms with Gasteiger partial charge in [0.2, 0.25) is 5.91 Å². The van der Waals surface area contributed by atoms with Crippen LogP contribution >= 0.6 is 0 Å². The summed E-state index contributed by atoms with van der Waals surface area (Å²) < 4.78 is 15.1. The van der Waals surface area contributed by atoms with Crippen molar-refractivity contribution in [3.8, 4) is 0 Å². The van der Waals surface area contributed by atoms with Gasteiger partial charge in [0.25, 0.3) is 5.56 Å². The number of carbonyl (C=O) groups excluding carboxylic acids is 1. The van der Waals surface area contributed by atoms with E-state index in [2.05, 4.69) is 5.32 Å². The number of halogens is 1. The molecule has 0 spiro atoms. The molecule has 2 rings (SSSR count). The first-order valence-corrected chi connectivity index (χ1v) is 8.26. The Balaban J connectivity index is 1.95. The number of pyridine rings is 1. The van der Waals surface area contributed by atoms with E-state index in [9.17, 15) is 14.0 Å². The summed E-state index contributed by atoms with van der Waals surface area (Å²) in [4.78, 5) is 26.1. The molecule has 1 atom stereocenters. The van der Waals surface area contributed by atoms with Gasteiger partial charge in [0, 0.05) is 24.8 Å². The van der Waals surface area contributed by atoms with Gasteiger partial charge in [-0.05, 0) is 51.2 Å². The van der Waals surface area contributed by atoms with E-state index in [1.165, 1.54) is 18.2 Å². The Kier molecular flexibility index (Phi) is 6.47. The Morgan fingerprint density at radius 2 is 1.96 bits per heavy atom. The number of likely N-dealkylation sites (N-methyl/N-ethyl adjacent to an activating group) is 1. The van der Waals surface area contributed by atoms with Crippen LogP contribution < -0.4 is 10.9 Å². The van der Waals surface area contributed by atoms with E-state index in [-0.39, 0.29) is 17.3 Å². The number of rotatable bonds is 7. The summed E-state index contributed by atoms with van der Waals surface area (Å²) in [6.45, 7) is 2.86. The molecule has 6 heteroatoms. The second kappa shape index (κ2) is 8.58. The second-order valence-corrected chi connectivity index (χ2v) is 6.22.